The first-order valence-corrected chi connectivity index (χ1v) is 4.89. The van der Waals surface area contributed by atoms with E-state index in [0.29, 0.717) is 12.2 Å². The first-order chi connectivity index (χ1) is 7.63. The van der Waals surface area contributed by atoms with E-state index in [2.05, 4.69) is 15.3 Å². The van der Waals surface area contributed by atoms with Crippen LogP contribution in [0.5, 0.6) is 0 Å². The molecule has 16 heavy (non-hydrogen) atoms. The molecule has 0 aliphatic rings. The van der Waals surface area contributed by atoms with Gasteiger partial charge in [-0.25, -0.2) is 4.79 Å². The Hall–Kier alpha value is -2.11. The van der Waals surface area contributed by atoms with Crippen molar-refractivity contribution < 1.29 is 4.79 Å². The molecule has 1 aromatic heterocycles. The number of amides is 2. The highest BCUT2D eigenvalue weighted by Gasteiger charge is 2.03. The van der Waals surface area contributed by atoms with Crippen LogP contribution in [-0.4, -0.2) is 35.5 Å². The SMILES string of the molecule is CCN(C)/C(N)=N/C(=O)Nc1ccncc1. The molecule has 1 rings (SSSR count). The quantitative estimate of drug-likeness (QED) is 0.573. The molecule has 86 valence electrons. The maximum absolute atomic E-state index is 11.4. The lowest BCUT2D eigenvalue weighted by Gasteiger charge is -2.14. The second-order valence-electron chi connectivity index (χ2n) is 3.15. The number of urea groups is 1. The number of nitrogens with one attached hydrogen (secondary N) is 1. The van der Waals surface area contributed by atoms with E-state index in [4.69, 9.17) is 5.73 Å². The van der Waals surface area contributed by atoms with Gasteiger partial charge in [-0.05, 0) is 19.1 Å². The molecule has 2 amide bonds. The number of hydrogen-bond donors (Lipinski definition) is 2. The molecule has 0 aromatic carbocycles. The van der Waals surface area contributed by atoms with Gasteiger partial charge in [0.25, 0.3) is 0 Å². The number of pyridine rings is 1. The highest BCUT2D eigenvalue weighted by molar-refractivity contribution is 5.98. The number of carbonyl (C=O) groups excluding carboxylic acids is 1. The highest BCUT2D eigenvalue weighted by atomic mass is 16.2. The topological polar surface area (TPSA) is 83.6 Å². The van der Waals surface area contributed by atoms with Gasteiger partial charge >= 0.3 is 6.03 Å². The number of nitrogens with two attached hydrogens (primary N) is 1. The number of hydrogen-bond acceptors (Lipinski definition) is 2. The van der Waals surface area contributed by atoms with Crippen molar-refractivity contribution in [1.29, 1.82) is 0 Å². The summed E-state index contributed by atoms with van der Waals surface area (Å²) in [6.45, 7) is 2.61. The lowest BCUT2D eigenvalue weighted by molar-refractivity contribution is 0.259. The van der Waals surface area contributed by atoms with Crippen molar-refractivity contribution >= 4 is 17.7 Å². The third-order valence-corrected chi connectivity index (χ3v) is 2.01. The van der Waals surface area contributed by atoms with Crippen molar-refractivity contribution in [2.45, 2.75) is 6.92 Å². The third kappa shape index (κ3) is 3.56. The third-order valence-electron chi connectivity index (χ3n) is 2.01. The van der Waals surface area contributed by atoms with Crippen LogP contribution in [0.15, 0.2) is 29.5 Å². The molecule has 0 aliphatic carbocycles. The Morgan fingerprint density at radius 2 is 2.19 bits per heavy atom. The van der Waals surface area contributed by atoms with Crippen LogP contribution in [0.25, 0.3) is 0 Å². The van der Waals surface area contributed by atoms with Gasteiger partial charge in [-0.3, -0.25) is 4.98 Å². The van der Waals surface area contributed by atoms with Crippen molar-refractivity contribution in [3.63, 3.8) is 0 Å². The predicted molar refractivity (Wildman–Crippen MR) is 63.2 cm³/mol. The van der Waals surface area contributed by atoms with E-state index < -0.39 is 6.03 Å². The molecular weight excluding hydrogens is 206 g/mol. The van der Waals surface area contributed by atoms with Crippen LogP contribution < -0.4 is 11.1 Å². The highest BCUT2D eigenvalue weighted by Crippen LogP contribution is 2.03. The molecule has 3 N–H and O–H groups in total. The standard InChI is InChI=1S/C10H15N5O/c1-3-15(2)9(11)14-10(16)13-8-4-6-12-7-5-8/h4-7H,3H2,1-2H3,(H3,11,12,13,14,16). The van der Waals surface area contributed by atoms with Crippen molar-refractivity contribution in [1.82, 2.24) is 9.88 Å². The van der Waals surface area contributed by atoms with E-state index in [0.717, 1.165) is 0 Å². The average Bonchev–Trinajstić information content (AvgIpc) is 2.29. The monoisotopic (exact) mass is 221 g/mol. The van der Waals surface area contributed by atoms with Crippen LogP contribution in [0, 0.1) is 0 Å². The molecule has 6 nitrogen and oxygen atoms in total. The Morgan fingerprint density at radius 3 is 2.75 bits per heavy atom. The largest absolute Gasteiger partial charge is 0.369 e. The van der Waals surface area contributed by atoms with E-state index in [1.54, 1.807) is 36.5 Å². The molecular formula is C10H15N5O. The van der Waals surface area contributed by atoms with Crippen LogP contribution in [0.1, 0.15) is 6.92 Å². The van der Waals surface area contributed by atoms with Crippen LogP contribution >= 0.6 is 0 Å². The molecule has 0 atom stereocenters. The van der Waals surface area contributed by atoms with E-state index in [1.165, 1.54) is 0 Å². The zero-order valence-electron chi connectivity index (χ0n) is 9.34. The molecule has 0 saturated heterocycles. The summed E-state index contributed by atoms with van der Waals surface area (Å²) in [5.41, 5.74) is 6.22. The van der Waals surface area contributed by atoms with Gasteiger partial charge in [-0.15, -0.1) is 0 Å². The summed E-state index contributed by atoms with van der Waals surface area (Å²) in [7, 11) is 1.76. The Kier molecular flexibility index (Phi) is 4.26. The molecule has 1 aromatic rings. The van der Waals surface area contributed by atoms with E-state index >= 15 is 0 Å². The van der Waals surface area contributed by atoms with Crippen LogP contribution in [-0.2, 0) is 0 Å². The Balaban J connectivity index is 2.60. The number of rotatable bonds is 2. The molecule has 0 spiro atoms. The Bertz CT molecular complexity index is 376. The smallest absolute Gasteiger partial charge is 0.348 e. The number of nitrogens with zero attached hydrogens (tertiary/aromatic N) is 3. The first-order valence-electron chi connectivity index (χ1n) is 4.89. The first kappa shape index (κ1) is 12.0. The number of carbonyl (C=O) groups is 1. The summed E-state index contributed by atoms with van der Waals surface area (Å²) in [6, 6.07) is 2.85. The van der Waals surface area contributed by atoms with Gasteiger partial charge < -0.3 is 16.0 Å². The molecule has 0 aliphatic heterocycles. The second kappa shape index (κ2) is 5.69. The predicted octanol–water partition coefficient (Wildman–Crippen LogP) is 0.880. The lowest BCUT2D eigenvalue weighted by atomic mass is 10.4. The van der Waals surface area contributed by atoms with Gasteiger partial charge in [0.05, 0.1) is 0 Å². The van der Waals surface area contributed by atoms with Crippen LogP contribution in [0.3, 0.4) is 0 Å². The zero-order valence-corrected chi connectivity index (χ0v) is 9.34. The van der Waals surface area contributed by atoms with E-state index in [-0.39, 0.29) is 5.96 Å². The van der Waals surface area contributed by atoms with E-state index in [1.807, 2.05) is 6.92 Å². The summed E-state index contributed by atoms with van der Waals surface area (Å²) in [6.07, 6.45) is 3.17. The number of aromatic nitrogens is 1. The van der Waals surface area contributed by atoms with Crippen LogP contribution in [0.4, 0.5) is 10.5 Å². The Labute approximate surface area is 94.2 Å². The second-order valence-corrected chi connectivity index (χ2v) is 3.15. The fourth-order valence-electron chi connectivity index (χ4n) is 0.938. The molecule has 6 heteroatoms. The van der Waals surface area contributed by atoms with Gasteiger partial charge in [-0.2, -0.15) is 4.99 Å². The molecule has 0 unspecified atom stereocenters. The molecule has 0 radical (unpaired) electrons. The minimum Gasteiger partial charge on any atom is -0.369 e. The summed E-state index contributed by atoms with van der Waals surface area (Å²) in [4.78, 5) is 20.6. The molecule has 0 fully saturated rings. The zero-order chi connectivity index (χ0) is 12.0. The normalized spacial score (nSPS) is 11.0. The summed E-state index contributed by atoms with van der Waals surface area (Å²) in [5.74, 6) is 0.189. The Morgan fingerprint density at radius 1 is 1.56 bits per heavy atom. The summed E-state index contributed by atoms with van der Waals surface area (Å²) in [5, 5.41) is 2.58. The van der Waals surface area contributed by atoms with Gasteiger partial charge in [0, 0.05) is 31.7 Å². The summed E-state index contributed by atoms with van der Waals surface area (Å²) < 4.78 is 0. The minimum absolute atomic E-state index is 0.189. The van der Waals surface area contributed by atoms with Gasteiger partial charge in [0.15, 0.2) is 0 Å². The molecule has 0 saturated carbocycles. The average molecular weight is 221 g/mol. The van der Waals surface area contributed by atoms with Gasteiger partial charge in [-0.1, -0.05) is 0 Å². The maximum Gasteiger partial charge on any atom is 0.348 e. The molecule has 0 bridgehead atoms. The lowest BCUT2D eigenvalue weighted by Crippen LogP contribution is -2.34. The van der Waals surface area contributed by atoms with Crippen LogP contribution in [0.2, 0.25) is 0 Å². The van der Waals surface area contributed by atoms with Crippen molar-refractivity contribution in [3.05, 3.63) is 24.5 Å². The molecule has 1 heterocycles. The van der Waals surface area contributed by atoms with Crippen molar-refractivity contribution in [3.8, 4) is 0 Å². The van der Waals surface area contributed by atoms with Crippen molar-refractivity contribution in [2.24, 2.45) is 10.7 Å². The fraction of sp³-hybridized carbons (Fsp3) is 0.300. The number of guanidine groups is 1. The van der Waals surface area contributed by atoms with Gasteiger partial charge in [0.2, 0.25) is 5.96 Å². The minimum atomic E-state index is -0.496. The fourth-order valence-corrected chi connectivity index (χ4v) is 0.938. The summed E-state index contributed by atoms with van der Waals surface area (Å²) >= 11 is 0. The maximum atomic E-state index is 11.4. The number of aliphatic imine (C=N–C) groups is 1. The van der Waals surface area contributed by atoms with Crippen molar-refractivity contribution in [2.75, 3.05) is 18.9 Å². The van der Waals surface area contributed by atoms with Gasteiger partial charge in [0.1, 0.15) is 0 Å². The van der Waals surface area contributed by atoms with E-state index in [9.17, 15) is 4.79 Å². The number of anilines is 1.